The molecule has 1 aromatic carbocycles. The summed E-state index contributed by atoms with van der Waals surface area (Å²) in [4.78, 5) is 45.5. The standard InChI is InChI=1S/C14H16N4O5S/c1-8(24-11-6-4-10(5-7-11)18(22)23)12(19)16-17-14(21)13(20)15-9-2-3-9/h4-9H,2-3H2,1H3,(H,15,20)(H,16,19)(H,17,21)/t8-/m0/s1. The first-order valence-electron chi connectivity index (χ1n) is 7.18. The summed E-state index contributed by atoms with van der Waals surface area (Å²) in [6.45, 7) is 1.61. The molecule has 0 radical (unpaired) electrons. The largest absolute Gasteiger partial charge is 0.345 e. The Morgan fingerprint density at radius 2 is 1.79 bits per heavy atom. The van der Waals surface area contributed by atoms with Crippen molar-refractivity contribution in [2.75, 3.05) is 0 Å². The molecule has 0 aliphatic heterocycles. The number of rotatable bonds is 5. The van der Waals surface area contributed by atoms with Crippen LogP contribution >= 0.6 is 11.8 Å². The second-order valence-electron chi connectivity index (χ2n) is 5.20. The van der Waals surface area contributed by atoms with Crippen LogP contribution in [0.2, 0.25) is 0 Å². The Hall–Kier alpha value is -2.62. The molecule has 128 valence electrons. The number of hydrogen-bond donors (Lipinski definition) is 3. The smallest absolute Gasteiger partial charge is 0.327 e. The highest BCUT2D eigenvalue weighted by Crippen LogP contribution is 2.25. The molecule has 3 amide bonds. The Morgan fingerprint density at radius 1 is 1.17 bits per heavy atom. The highest BCUT2D eigenvalue weighted by molar-refractivity contribution is 8.00. The molecule has 3 N–H and O–H groups in total. The van der Waals surface area contributed by atoms with Crippen molar-refractivity contribution in [3.63, 3.8) is 0 Å². The fourth-order valence-corrected chi connectivity index (χ4v) is 2.53. The van der Waals surface area contributed by atoms with E-state index >= 15 is 0 Å². The van der Waals surface area contributed by atoms with Crippen LogP contribution in [0.3, 0.4) is 0 Å². The van der Waals surface area contributed by atoms with Crippen molar-refractivity contribution in [3.8, 4) is 0 Å². The van der Waals surface area contributed by atoms with E-state index in [9.17, 15) is 24.5 Å². The topological polar surface area (TPSA) is 130 Å². The van der Waals surface area contributed by atoms with Crippen LogP contribution in [0, 0.1) is 10.1 Å². The first-order chi connectivity index (χ1) is 11.4. The van der Waals surface area contributed by atoms with Crippen LogP contribution in [0.4, 0.5) is 5.69 Å². The van der Waals surface area contributed by atoms with Gasteiger partial charge >= 0.3 is 11.8 Å². The van der Waals surface area contributed by atoms with Gasteiger partial charge in [0.2, 0.25) is 0 Å². The molecule has 10 heteroatoms. The fraction of sp³-hybridized carbons (Fsp3) is 0.357. The number of nitrogens with one attached hydrogen (secondary N) is 3. The number of hydrogen-bond acceptors (Lipinski definition) is 6. The minimum atomic E-state index is -0.928. The average molecular weight is 352 g/mol. The molecule has 1 aliphatic rings. The van der Waals surface area contributed by atoms with Crippen LogP contribution in [0.1, 0.15) is 19.8 Å². The number of nitro groups is 1. The molecule has 1 saturated carbocycles. The number of nitro benzene ring substituents is 1. The minimum Gasteiger partial charge on any atom is -0.345 e. The van der Waals surface area contributed by atoms with Crippen molar-refractivity contribution in [1.29, 1.82) is 0 Å². The van der Waals surface area contributed by atoms with Crippen LogP contribution < -0.4 is 16.2 Å². The van der Waals surface area contributed by atoms with E-state index in [1.165, 1.54) is 36.0 Å². The number of nitrogens with zero attached hydrogens (tertiary/aromatic N) is 1. The molecule has 1 aromatic rings. The van der Waals surface area contributed by atoms with Crippen molar-refractivity contribution >= 4 is 35.2 Å². The number of benzene rings is 1. The van der Waals surface area contributed by atoms with Crippen LogP contribution in [-0.4, -0.2) is 33.9 Å². The summed E-state index contributed by atoms with van der Waals surface area (Å²) in [6, 6.07) is 5.81. The van der Waals surface area contributed by atoms with Crippen LogP contribution in [0.25, 0.3) is 0 Å². The van der Waals surface area contributed by atoms with Gasteiger partial charge in [-0.05, 0) is 31.9 Å². The van der Waals surface area contributed by atoms with Crippen LogP contribution in [0.5, 0.6) is 0 Å². The van der Waals surface area contributed by atoms with E-state index < -0.39 is 27.9 Å². The zero-order chi connectivity index (χ0) is 17.7. The van der Waals surface area contributed by atoms with Gasteiger partial charge in [0.1, 0.15) is 0 Å². The Kier molecular flexibility index (Phi) is 5.74. The third-order valence-corrected chi connectivity index (χ3v) is 4.26. The second kappa shape index (κ2) is 7.77. The van der Waals surface area contributed by atoms with Gasteiger partial charge in [-0.25, -0.2) is 0 Å². The Balaban J connectivity index is 1.77. The number of hydrazine groups is 1. The van der Waals surface area contributed by atoms with Gasteiger partial charge in [-0.3, -0.25) is 35.3 Å². The molecule has 0 aromatic heterocycles. The third kappa shape index (κ3) is 5.23. The Labute approximate surface area is 141 Å². The van der Waals surface area contributed by atoms with Crippen molar-refractivity contribution in [2.45, 2.75) is 36.0 Å². The highest BCUT2D eigenvalue weighted by atomic mass is 32.2. The predicted octanol–water partition coefficient (Wildman–Crippen LogP) is 0.501. The van der Waals surface area contributed by atoms with Gasteiger partial charge in [0, 0.05) is 23.1 Å². The van der Waals surface area contributed by atoms with Crippen molar-refractivity contribution < 1.29 is 19.3 Å². The SMILES string of the molecule is C[C@H](Sc1ccc([N+](=O)[O-])cc1)C(=O)NNC(=O)C(=O)NC1CC1. The molecule has 1 fully saturated rings. The first kappa shape index (κ1) is 17.7. The summed E-state index contributed by atoms with van der Waals surface area (Å²) in [7, 11) is 0. The number of thioether (sulfide) groups is 1. The zero-order valence-electron chi connectivity index (χ0n) is 12.8. The van der Waals surface area contributed by atoms with Gasteiger partial charge in [-0.1, -0.05) is 0 Å². The van der Waals surface area contributed by atoms with Gasteiger partial charge in [-0.15, -0.1) is 11.8 Å². The highest BCUT2D eigenvalue weighted by Gasteiger charge is 2.26. The Morgan fingerprint density at radius 3 is 2.33 bits per heavy atom. The molecule has 1 atom stereocenters. The second-order valence-corrected chi connectivity index (χ2v) is 6.62. The fourth-order valence-electron chi connectivity index (χ4n) is 1.66. The maximum Gasteiger partial charge on any atom is 0.327 e. The summed E-state index contributed by atoms with van der Waals surface area (Å²) in [5.74, 6) is -2.21. The first-order valence-corrected chi connectivity index (χ1v) is 8.06. The lowest BCUT2D eigenvalue weighted by Crippen LogP contribution is -2.50. The lowest BCUT2D eigenvalue weighted by molar-refractivity contribution is -0.384. The zero-order valence-corrected chi connectivity index (χ0v) is 13.6. The molecular weight excluding hydrogens is 336 g/mol. The quantitative estimate of drug-likeness (QED) is 0.306. The Bertz CT molecular complexity index is 660. The lowest BCUT2D eigenvalue weighted by atomic mass is 10.3. The monoisotopic (exact) mass is 352 g/mol. The van der Waals surface area contributed by atoms with E-state index in [1.807, 2.05) is 0 Å². The number of carbonyl (C=O) groups is 3. The summed E-state index contributed by atoms with van der Waals surface area (Å²) in [6.07, 6.45) is 1.71. The summed E-state index contributed by atoms with van der Waals surface area (Å²) in [5.41, 5.74) is 4.19. The van der Waals surface area contributed by atoms with Crippen molar-refractivity contribution in [2.24, 2.45) is 0 Å². The van der Waals surface area contributed by atoms with E-state index in [1.54, 1.807) is 6.92 Å². The van der Waals surface area contributed by atoms with Gasteiger partial charge in [-0.2, -0.15) is 0 Å². The van der Waals surface area contributed by atoms with E-state index in [-0.39, 0.29) is 11.7 Å². The third-order valence-electron chi connectivity index (χ3n) is 3.15. The van der Waals surface area contributed by atoms with Gasteiger partial charge in [0.15, 0.2) is 0 Å². The predicted molar refractivity (Wildman–Crippen MR) is 85.9 cm³/mol. The molecular formula is C14H16N4O5S. The number of amides is 3. The maximum absolute atomic E-state index is 11.9. The summed E-state index contributed by atoms with van der Waals surface area (Å²) < 4.78 is 0. The molecule has 0 spiro atoms. The molecule has 0 unspecified atom stereocenters. The number of non-ortho nitro benzene ring substituents is 1. The molecule has 0 heterocycles. The number of carbonyl (C=O) groups excluding carboxylic acids is 3. The molecule has 9 nitrogen and oxygen atoms in total. The van der Waals surface area contributed by atoms with Gasteiger partial charge < -0.3 is 5.32 Å². The molecule has 24 heavy (non-hydrogen) atoms. The summed E-state index contributed by atoms with van der Waals surface area (Å²) in [5, 5.41) is 12.5. The van der Waals surface area contributed by atoms with Crippen LogP contribution in [0.15, 0.2) is 29.2 Å². The molecule has 1 aliphatic carbocycles. The van der Waals surface area contributed by atoms with E-state index in [4.69, 9.17) is 0 Å². The van der Waals surface area contributed by atoms with E-state index in [2.05, 4.69) is 16.2 Å². The van der Waals surface area contributed by atoms with Crippen LogP contribution in [-0.2, 0) is 14.4 Å². The van der Waals surface area contributed by atoms with Crippen molar-refractivity contribution in [3.05, 3.63) is 34.4 Å². The van der Waals surface area contributed by atoms with Gasteiger partial charge in [0.25, 0.3) is 11.6 Å². The summed E-state index contributed by atoms with van der Waals surface area (Å²) >= 11 is 1.17. The maximum atomic E-state index is 11.9. The van der Waals surface area contributed by atoms with E-state index in [0.29, 0.717) is 4.90 Å². The average Bonchev–Trinajstić information content (AvgIpc) is 3.36. The lowest BCUT2D eigenvalue weighted by Gasteiger charge is -2.12. The van der Waals surface area contributed by atoms with Gasteiger partial charge in [0.05, 0.1) is 10.2 Å². The minimum absolute atomic E-state index is 0.0367. The molecule has 0 saturated heterocycles. The normalized spacial score (nSPS) is 14.4. The van der Waals surface area contributed by atoms with E-state index in [0.717, 1.165) is 12.8 Å². The van der Waals surface area contributed by atoms with Crippen molar-refractivity contribution in [1.82, 2.24) is 16.2 Å². The molecule has 0 bridgehead atoms. The molecule has 2 rings (SSSR count).